The van der Waals surface area contributed by atoms with Crippen molar-refractivity contribution in [3.8, 4) is 33.5 Å². The number of benzene rings is 8. The van der Waals surface area contributed by atoms with Crippen molar-refractivity contribution < 1.29 is 0 Å². The van der Waals surface area contributed by atoms with Crippen LogP contribution in [0.4, 0.5) is 5.69 Å². The lowest BCUT2D eigenvalue weighted by atomic mass is 9.79. The van der Waals surface area contributed by atoms with Gasteiger partial charge in [-0.15, -0.1) is 0 Å². The number of anilines is 1. The van der Waals surface area contributed by atoms with Crippen LogP contribution < -0.4 is 5.32 Å². The average molecular weight is 861 g/mol. The molecular formula is C64H64N2. The number of nitrogens with zero attached hydrogens (tertiary/aromatic N) is 1. The first-order valence-electron chi connectivity index (χ1n) is 23.9. The number of aromatic nitrogens is 1. The fourth-order valence-corrected chi connectivity index (χ4v) is 9.92. The summed E-state index contributed by atoms with van der Waals surface area (Å²) in [6.07, 6.45) is 4.75. The van der Waals surface area contributed by atoms with Gasteiger partial charge in [0.15, 0.2) is 0 Å². The van der Waals surface area contributed by atoms with Crippen molar-refractivity contribution in [3.05, 3.63) is 185 Å². The van der Waals surface area contributed by atoms with Crippen LogP contribution in [0.3, 0.4) is 0 Å². The van der Waals surface area contributed by atoms with Gasteiger partial charge in [0.05, 0.1) is 22.9 Å². The first-order chi connectivity index (χ1) is 31.2. The third-order valence-electron chi connectivity index (χ3n) is 14.1. The fourth-order valence-electron chi connectivity index (χ4n) is 9.92. The van der Waals surface area contributed by atoms with Crippen LogP contribution in [-0.4, -0.2) is 4.98 Å². The Hall–Kier alpha value is -6.51. The van der Waals surface area contributed by atoms with Crippen molar-refractivity contribution in [2.75, 3.05) is 5.32 Å². The van der Waals surface area contributed by atoms with Gasteiger partial charge in [-0.05, 0) is 130 Å². The van der Waals surface area contributed by atoms with Gasteiger partial charge in [0.25, 0.3) is 0 Å². The molecule has 0 bridgehead atoms. The third kappa shape index (κ3) is 7.79. The SMILES string of the molecule is CC(C)(C)c1cc(-c2cc3c(cc(-c4cc(C(C)(C)C)cc5ccc(C(C)(C)C)cc45)c4ccc(-c5ccccc5)nc43)c3c2C=CC(c2ccccc2)N3)c2cc(C(C)(C)C)ccc2c1. The highest BCUT2D eigenvalue weighted by Gasteiger charge is 2.28. The third-order valence-corrected chi connectivity index (χ3v) is 14.1. The van der Waals surface area contributed by atoms with Gasteiger partial charge in [0.2, 0.25) is 0 Å². The van der Waals surface area contributed by atoms with Crippen LogP contribution in [0.1, 0.15) is 123 Å². The van der Waals surface area contributed by atoms with Crippen molar-refractivity contribution in [2.24, 2.45) is 0 Å². The first-order valence-corrected chi connectivity index (χ1v) is 23.9. The molecule has 0 saturated carbocycles. The normalized spacial score (nSPS) is 14.6. The lowest BCUT2D eigenvalue weighted by molar-refractivity contribution is 0.589. The van der Waals surface area contributed by atoms with Gasteiger partial charge in [0.1, 0.15) is 0 Å². The van der Waals surface area contributed by atoms with E-state index >= 15 is 0 Å². The number of pyridine rings is 1. The molecule has 1 N–H and O–H groups in total. The van der Waals surface area contributed by atoms with Crippen LogP contribution in [0.25, 0.3) is 82.8 Å². The summed E-state index contributed by atoms with van der Waals surface area (Å²) in [6.45, 7) is 27.9. The van der Waals surface area contributed by atoms with Crippen molar-refractivity contribution in [3.63, 3.8) is 0 Å². The maximum atomic E-state index is 5.75. The molecule has 0 amide bonds. The summed E-state index contributed by atoms with van der Waals surface area (Å²) in [5.74, 6) is 0. The highest BCUT2D eigenvalue weighted by atomic mass is 14.9. The molecule has 2 nitrogen and oxygen atoms in total. The first kappa shape index (κ1) is 43.4. The lowest BCUT2D eigenvalue weighted by Gasteiger charge is -2.29. The number of nitrogens with one attached hydrogen (secondary N) is 1. The molecule has 9 aromatic rings. The molecule has 0 aliphatic carbocycles. The Labute approximate surface area is 392 Å². The van der Waals surface area contributed by atoms with E-state index in [9.17, 15) is 0 Å². The maximum Gasteiger partial charge on any atom is 0.0795 e. The molecule has 1 aliphatic heterocycles. The predicted molar refractivity (Wildman–Crippen MR) is 287 cm³/mol. The summed E-state index contributed by atoms with van der Waals surface area (Å²) >= 11 is 0. The Morgan fingerprint density at radius 3 is 1.45 bits per heavy atom. The van der Waals surface area contributed by atoms with E-state index in [1.165, 1.54) is 82.6 Å². The van der Waals surface area contributed by atoms with Crippen LogP contribution in [0, 0.1) is 0 Å². The predicted octanol–water partition coefficient (Wildman–Crippen LogP) is 18.1. The van der Waals surface area contributed by atoms with Gasteiger partial charge in [-0.2, -0.15) is 0 Å². The van der Waals surface area contributed by atoms with E-state index in [0.717, 1.165) is 33.2 Å². The van der Waals surface area contributed by atoms with Crippen LogP contribution in [0.2, 0.25) is 0 Å². The fraction of sp³-hybridized carbons (Fsp3) is 0.266. The summed E-state index contributed by atoms with van der Waals surface area (Å²) in [4.78, 5) is 5.75. The van der Waals surface area contributed by atoms with E-state index in [2.05, 4.69) is 246 Å². The molecule has 1 unspecified atom stereocenters. The maximum absolute atomic E-state index is 5.75. The summed E-state index contributed by atoms with van der Waals surface area (Å²) in [7, 11) is 0. The monoisotopic (exact) mass is 861 g/mol. The Balaban J connectivity index is 1.38. The minimum atomic E-state index is -0.0580. The van der Waals surface area contributed by atoms with Gasteiger partial charge < -0.3 is 5.32 Å². The number of fused-ring (bicyclic) bond motifs is 7. The zero-order valence-electron chi connectivity index (χ0n) is 41.0. The van der Waals surface area contributed by atoms with Crippen molar-refractivity contribution in [1.82, 2.24) is 4.98 Å². The lowest BCUT2D eigenvalue weighted by Crippen LogP contribution is -2.14. The van der Waals surface area contributed by atoms with Gasteiger partial charge in [-0.3, -0.25) is 0 Å². The molecule has 1 aromatic heterocycles. The average Bonchev–Trinajstić information content (AvgIpc) is 3.29. The molecule has 0 fully saturated rings. The second-order valence-electron chi connectivity index (χ2n) is 23.0. The molecule has 2 heteroatoms. The van der Waals surface area contributed by atoms with E-state index in [1.807, 2.05) is 0 Å². The van der Waals surface area contributed by atoms with Crippen LogP contribution in [0.15, 0.2) is 152 Å². The number of rotatable bonds is 4. The van der Waals surface area contributed by atoms with Crippen LogP contribution in [0.5, 0.6) is 0 Å². The summed E-state index contributed by atoms with van der Waals surface area (Å²) in [5.41, 5.74) is 16.7. The second-order valence-corrected chi connectivity index (χ2v) is 23.0. The molecule has 2 heterocycles. The van der Waals surface area contributed by atoms with Crippen molar-refractivity contribution >= 4 is 55.0 Å². The molecule has 10 rings (SSSR count). The molecule has 8 aromatic carbocycles. The van der Waals surface area contributed by atoms with Gasteiger partial charge >= 0.3 is 0 Å². The van der Waals surface area contributed by atoms with E-state index in [1.54, 1.807) is 0 Å². The molecule has 0 spiro atoms. The van der Waals surface area contributed by atoms with Gasteiger partial charge in [0, 0.05) is 27.3 Å². The molecule has 0 radical (unpaired) electrons. The van der Waals surface area contributed by atoms with Crippen molar-refractivity contribution in [1.29, 1.82) is 0 Å². The Bertz CT molecular complexity index is 3400. The van der Waals surface area contributed by atoms with E-state index in [4.69, 9.17) is 4.98 Å². The highest BCUT2D eigenvalue weighted by Crippen LogP contribution is 2.49. The second kappa shape index (κ2) is 15.6. The summed E-state index contributed by atoms with van der Waals surface area (Å²) < 4.78 is 0. The number of hydrogen-bond donors (Lipinski definition) is 1. The Morgan fingerprint density at radius 2 is 0.909 bits per heavy atom. The van der Waals surface area contributed by atoms with E-state index in [-0.39, 0.29) is 27.7 Å². The topological polar surface area (TPSA) is 24.9 Å². The molecule has 330 valence electrons. The Kier molecular flexibility index (Phi) is 10.2. The van der Waals surface area contributed by atoms with E-state index < -0.39 is 0 Å². The van der Waals surface area contributed by atoms with Crippen molar-refractivity contribution in [2.45, 2.75) is 111 Å². The smallest absolute Gasteiger partial charge is 0.0795 e. The van der Waals surface area contributed by atoms with Gasteiger partial charge in [-0.1, -0.05) is 204 Å². The van der Waals surface area contributed by atoms with E-state index in [0.29, 0.717) is 0 Å². The van der Waals surface area contributed by atoms with Gasteiger partial charge in [-0.25, -0.2) is 4.98 Å². The molecule has 66 heavy (non-hydrogen) atoms. The van der Waals surface area contributed by atoms with Crippen LogP contribution in [-0.2, 0) is 21.7 Å². The molecular weight excluding hydrogens is 797 g/mol. The highest BCUT2D eigenvalue weighted by molar-refractivity contribution is 6.21. The zero-order chi connectivity index (χ0) is 46.5. The minimum absolute atomic E-state index is 0.00614. The minimum Gasteiger partial charge on any atom is -0.374 e. The Morgan fingerprint density at radius 1 is 0.409 bits per heavy atom. The summed E-state index contributed by atoms with van der Waals surface area (Å²) in [6, 6.07) is 55.0. The molecule has 1 atom stereocenters. The summed E-state index contributed by atoms with van der Waals surface area (Å²) in [5, 5.41) is 12.7. The molecule has 0 saturated heterocycles. The zero-order valence-corrected chi connectivity index (χ0v) is 41.0. The molecule has 1 aliphatic rings. The number of hydrogen-bond acceptors (Lipinski definition) is 2. The largest absolute Gasteiger partial charge is 0.374 e. The quantitative estimate of drug-likeness (QED) is 0.178. The standard InChI is InChI=1S/C64H64N2/c1-61(2,3)43-25-23-41-31-45(63(7,8)9)35-51(49(41)33-43)53-37-55-56(59-47(53)27-29-57(65-59)39-19-15-13-16-20-39)38-54(48-28-30-58(66-60(48)55)40-21-17-14-18-22-40)52-36-46(64(10,11)12)32-42-24-26-44(34-50(42)52)62(4,5)6/h13-38,57,65H,1-12H3. The van der Waals surface area contributed by atoms with Crippen LogP contribution >= 0.6 is 0 Å².